The van der Waals surface area contributed by atoms with Crippen molar-refractivity contribution in [2.75, 3.05) is 13.7 Å². The van der Waals surface area contributed by atoms with Crippen molar-refractivity contribution in [2.24, 2.45) is 5.41 Å². The van der Waals surface area contributed by atoms with Gasteiger partial charge in [0.05, 0.1) is 12.3 Å². The molecule has 0 radical (unpaired) electrons. The lowest BCUT2D eigenvalue weighted by Crippen LogP contribution is -2.37. The fourth-order valence-corrected chi connectivity index (χ4v) is 4.59. The van der Waals surface area contributed by atoms with E-state index >= 15 is 0 Å². The van der Waals surface area contributed by atoms with Gasteiger partial charge in [-0.15, -0.1) is 11.3 Å². The van der Waals surface area contributed by atoms with Crippen LogP contribution in [0.2, 0.25) is 0 Å². The molecule has 4 nitrogen and oxygen atoms in total. The van der Waals surface area contributed by atoms with Crippen molar-refractivity contribution >= 4 is 17.2 Å². The van der Waals surface area contributed by atoms with Gasteiger partial charge in [-0.05, 0) is 38.5 Å². The minimum Gasteiger partial charge on any atom is -0.378 e. The zero-order valence-electron chi connectivity index (χ0n) is 12.4. The first-order valence-corrected chi connectivity index (χ1v) is 8.12. The molecule has 1 aliphatic carbocycles. The number of likely N-dealkylation sites (tertiary alicyclic amines) is 1. The van der Waals surface area contributed by atoms with Gasteiger partial charge < -0.3 is 9.64 Å². The predicted octanol–water partition coefficient (Wildman–Crippen LogP) is 3.00. The standard InChI is InChI=1S/C15H22N2O2S/c1-10-7-15(5-4-6-15)9-17(10)14(18)13-11(2)16-12(20-13)8-19-3/h10H,4-9H2,1-3H3/t10-/m1/s1. The van der Waals surface area contributed by atoms with Crippen molar-refractivity contribution in [3.8, 4) is 0 Å². The van der Waals surface area contributed by atoms with Crippen LogP contribution in [0.3, 0.4) is 0 Å². The Morgan fingerprint density at radius 3 is 2.85 bits per heavy atom. The normalized spacial score (nSPS) is 24.1. The summed E-state index contributed by atoms with van der Waals surface area (Å²) in [6, 6.07) is 0.357. The van der Waals surface area contributed by atoms with Gasteiger partial charge >= 0.3 is 0 Å². The van der Waals surface area contributed by atoms with E-state index in [1.54, 1.807) is 7.11 Å². The van der Waals surface area contributed by atoms with Crippen LogP contribution in [0, 0.1) is 12.3 Å². The first-order valence-electron chi connectivity index (χ1n) is 7.31. The van der Waals surface area contributed by atoms with Gasteiger partial charge in [0.1, 0.15) is 9.88 Å². The lowest BCUT2D eigenvalue weighted by molar-refractivity contribution is 0.0704. The Labute approximate surface area is 124 Å². The summed E-state index contributed by atoms with van der Waals surface area (Å²) in [4.78, 5) is 20.1. The van der Waals surface area contributed by atoms with Gasteiger partial charge in [-0.25, -0.2) is 4.98 Å². The molecule has 3 rings (SSSR count). The molecule has 1 spiro atoms. The molecule has 0 unspecified atom stereocenters. The highest BCUT2D eigenvalue weighted by Gasteiger charge is 2.47. The Bertz CT molecular complexity index is 522. The summed E-state index contributed by atoms with van der Waals surface area (Å²) in [5, 5.41) is 0.888. The van der Waals surface area contributed by atoms with E-state index in [-0.39, 0.29) is 5.91 Å². The number of methoxy groups -OCH3 is 1. The maximum absolute atomic E-state index is 12.8. The first kappa shape index (κ1) is 14.0. The molecule has 5 heteroatoms. The van der Waals surface area contributed by atoms with Crippen molar-refractivity contribution in [3.05, 3.63) is 15.6 Å². The smallest absolute Gasteiger partial charge is 0.266 e. The van der Waals surface area contributed by atoms with Gasteiger partial charge in [0, 0.05) is 19.7 Å². The third kappa shape index (κ3) is 2.27. The Balaban J connectivity index is 1.78. The molecule has 1 atom stereocenters. The average Bonchev–Trinajstić information content (AvgIpc) is 2.90. The van der Waals surface area contributed by atoms with E-state index in [2.05, 4.69) is 16.8 Å². The van der Waals surface area contributed by atoms with Crippen LogP contribution in [0.25, 0.3) is 0 Å². The van der Waals surface area contributed by atoms with Crippen LogP contribution in [0.1, 0.15) is 53.0 Å². The Morgan fingerprint density at radius 1 is 1.55 bits per heavy atom. The average molecular weight is 294 g/mol. The third-order valence-corrected chi connectivity index (χ3v) is 5.86. The molecule has 2 heterocycles. The highest BCUT2D eigenvalue weighted by atomic mass is 32.1. The van der Waals surface area contributed by atoms with Crippen molar-refractivity contribution in [1.29, 1.82) is 0 Å². The third-order valence-electron chi connectivity index (χ3n) is 4.74. The van der Waals surface area contributed by atoms with Gasteiger partial charge in [0.2, 0.25) is 0 Å². The lowest BCUT2D eigenvalue weighted by atomic mass is 9.68. The number of carbonyl (C=O) groups excluding carboxylic acids is 1. The zero-order chi connectivity index (χ0) is 14.3. The molecule has 1 amide bonds. The van der Waals surface area contributed by atoms with Crippen LogP contribution in [0.5, 0.6) is 0 Å². The number of aryl methyl sites for hydroxylation is 1. The van der Waals surface area contributed by atoms with Crippen molar-refractivity contribution in [1.82, 2.24) is 9.88 Å². The van der Waals surface area contributed by atoms with Gasteiger partial charge in [0.25, 0.3) is 5.91 Å². The van der Waals surface area contributed by atoms with Crippen molar-refractivity contribution in [2.45, 2.75) is 52.2 Å². The van der Waals surface area contributed by atoms with Crippen molar-refractivity contribution < 1.29 is 9.53 Å². The van der Waals surface area contributed by atoms with Crippen LogP contribution in [0.15, 0.2) is 0 Å². The second-order valence-electron chi connectivity index (χ2n) is 6.29. The number of carbonyl (C=O) groups is 1. The minimum atomic E-state index is 0.165. The van der Waals surface area contributed by atoms with Gasteiger partial charge in [0.15, 0.2) is 0 Å². The molecule has 110 valence electrons. The lowest BCUT2D eigenvalue weighted by Gasteiger charge is -2.37. The summed E-state index contributed by atoms with van der Waals surface area (Å²) in [6.07, 6.45) is 5.07. The molecule has 1 saturated carbocycles. The van der Waals surface area contributed by atoms with Crippen LogP contribution in [-0.4, -0.2) is 35.5 Å². The highest BCUT2D eigenvalue weighted by Crippen LogP contribution is 2.50. The van der Waals surface area contributed by atoms with Crippen LogP contribution in [0.4, 0.5) is 0 Å². The molecule has 1 saturated heterocycles. The number of thiazole rings is 1. The number of rotatable bonds is 3. The van der Waals surface area contributed by atoms with Gasteiger partial charge in [-0.3, -0.25) is 4.79 Å². The fourth-order valence-electron chi connectivity index (χ4n) is 3.60. The van der Waals surface area contributed by atoms with E-state index in [0.29, 0.717) is 18.1 Å². The first-order chi connectivity index (χ1) is 9.54. The van der Waals surface area contributed by atoms with E-state index in [1.807, 2.05) is 6.92 Å². The summed E-state index contributed by atoms with van der Waals surface area (Å²) in [5.41, 5.74) is 1.28. The topological polar surface area (TPSA) is 42.4 Å². The molecule has 0 bridgehead atoms. The van der Waals surface area contributed by atoms with E-state index in [4.69, 9.17) is 4.74 Å². The molecule has 1 aliphatic heterocycles. The van der Waals surface area contributed by atoms with Gasteiger partial charge in [-0.1, -0.05) is 6.42 Å². The van der Waals surface area contributed by atoms with Crippen molar-refractivity contribution in [3.63, 3.8) is 0 Å². The Hall–Kier alpha value is -0.940. The van der Waals surface area contributed by atoms with E-state index in [0.717, 1.165) is 22.1 Å². The SMILES string of the molecule is COCc1nc(C)c(C(=O)N2CC3(CCC3)C[C@H]2C)s1. The molecule has 1 aromatic heterocycles. The fraction of sp³-hybridized carbons (Fsp3) is 0.733. The van der Waals surface area contributed by atoms with Crippen LogP contribution >= 0.6 is 11.3 Å². The van der Waals surface area contributed by atoms with Gasteiger partial charge in [-0.2, -0.15) is 0 Å². The summed E-state index contributed by atoms with van der Waals surface area (Å²) in [5.74, 6) is 0.165. The maximum atomic E-state index is 12.8. The minimum absolute atomic E-state index is 0.165. The summed E-state index contributed by atoms with van der Waals surface area (Å²) >= 11 is 1.48. The molecule has 2 fully saturated rings. The zero-order valence-corrected chi connectivity index (χ0v) is 13.3. The Morgan fingerprint density at radius 2 is 2.30 bits per heavy atom. The molecule has 2 aliphatic rings. The molecular weight excluding hydrogens is 272 g/mol. The number of amides is 1. The van der Waals surface area contributed by atoms with Crippen LogP contribution < -0.4 is 0 Å². The number of nitrogens with zero attached hydrogens (tertiary/aromatic N) is 2. The molecule has 0 N–H and O–H groups in total. The van der Waals surface area contributed by atoms with E-state index < -0.39 is 0 Å². The second kappa shape index (κ2) is 5.11. The molecule has 20 heavy (non-hydrogen) atoms. The molecule has 0 aromatic carbocycles. The second-order valence-corrected chi connectivity index (χ2v) is 7.38. The summed E-state index contributed by atoms with van der Waals surface area (Å²) in [7, 11) is 1.65. The number of hydrogen-bond donors (Lipinski definition) is 0. The predicted molar refractivity (Wildman–Crippen MR) is 79.0 cm³/mol. The Kier molecular flexibility index (Phi) is 3.58. The molecule has 1 aromatic rings. The number of ether oxygens (including phenoxy) is 1. The highest BCUT2D eigenvalue weighted by molar-refractivity contribution is 7.13. The molecular formula is C15H22N2O2S. The summed E-state index contributed by atoms with van der Waals surface area (Å²) in [6.45, 7) is 5.52. The van der Waals surface area contributed by atoms with E-state index in [9.17, 15) is 4.79 Å². The quantitative estimate of drug-likeness (QED) is 0.860. The monoisotopic (exact) mass is 294 g/mol. The summed E-state index contributed by atoms with van der Waals surface area (Å²) < 4.78 is 5.11. The number of aromatic nitrogens is 1. The largest absolute Gasteiger partial charge is 0.378 e. The van der Waals surface area contributed by atoms with Crippen LogP contribution in [-0.2, 0) is 11.3 Å². The number of hydrogen-bond acceptors (Lipinski definition) is 4. The van der Waals surface area contributed by atoms with E-state index in [1.165, 1.54) is 37.0 Å². The maximum Gasteiger partial charge on any atom is 0.266 e.